The maximum absolute atomic E-state index is 16.9. The highest BCUT2D eigenvalue weighted by Gasteiger charge is 2.41. The van der Waals surface area contributed by atoms with Gasteiger partial charge in [0.15, 0.2) is 5.82 Å². The summed E-state index contributed by atoms with van der Waals surface area (Å²) in [5.41, 5.74) is 6.70. The van der Waals surface area contributed by atoms with E-state index in [-0.39, 0.29) is 65.9 Å². The summed E-state index contributed by atoms with van der Waals surface area (Å²) >= 11 is 7.81. The van der Waals surface area contributed by atoms with Crippen LogP contribution < -0.4 is 20.7 Å². The van der Waals surface area contributed by atoms with E-state index in [4.69, 9.17) is 27.1 Å². The lowest BCUT2D eigenvalue weighted by Gasteiger charge is -2.49. The van der Waals surface area contributed by atoms with Gasteiger partial charge in [-0.1, -0.05) is 17.7 Å². The minimum Gasteiger partial charge on any atom is -0.459 e. The molecule has 1 spiro atoms. The molecule has 0 bridgehead atoms. The number of nitrogens with one attached hydrogen (secondary N) is 1. The Hall–Kier alpha value is -3.30. The van der Waals surface area contributed by atoms with Gasteiger partial charge in [-0.15, -0.1) is 11.3 Å². The van der Waals surface area contributed by atoms with Crippen molar-refractivity contribution in [3.05, 3.63) is 40.4 Å². The summed E-state index contributed by atoms with van der Waals surface area (Å²) in [4.78, 5) is 14.0. The van der Waals surface area contributed by atoms with Crippen molar-refractivity contribution in [1.82, 2.24) is 20.2 Å². The van der Waals surface area contributed by atoms with Crippen LogP contribution in [0, 0.1) is 28.4 Å². The molecule has 0 unspecified atom stereocenters. The van der Waals surface area contributed by atoms with Gasteiger partial charge in [0.25, 0.3) is 0 Å². The standard InChI is InChI=1S/C31H32ClF2N7OS/c1-16(22-5-3-9-40(22)2)42-30-38-26-18(29(39-30)41-10-4-8-31(15-41)13-37-14-31)11-20(32)24(25(26)34)17-6-7-21(33)27-23(17)19(12-35)28(36)43-27/h6-7,11,16,22,37H,3-5,8-10,13-15,36H2,1-2H3/t16-,22-/m0/s1. The van der Waals surface area contributed by atoms with Gasteiger partial charge in [-0.2, -0.15) is 15.2 Å². The summed E-state index contributed by atoms with van der Waals surface area (Å²) in [7, 11) is 2.08. The zero-order valence-electron chi connectivity index (χ0n) is 24.0. The molecule has 7 rings (SSSR count). The Morgan fingerprint density at radius 3 is 2.77 bits per heavy atom. The highest BCUT2D eigenvalue weighted by Crippen LogP contribution is 2.46. The van der Waals surface area contributed by atoms with Crippen LogP contribution in [0.2, 0.25) is 5.02 Å². The second-order valence-corrected chi connectivity index (χ2v) is 13.6. The third-order valence-corrected chi connectivity index (χ3v) is 10.7. The summed E-state index contributed by atoms with van der Waals surface area (Å²) in [5.74, 6) is -0.628. The van der Waals surface area contributed by atoms with Crippen LogP contribution in [0.5, 0.6) is 6.01 Å². The number of nitrogens with two attached hydrogens (primary N) is 1. The number of nitrogens with zero attached hydrogens (tertiary/aromatic N) is 5. The molecule has 2 aromatic heterocycles. The molecule has 3 aliphatic heterocycles. The second kappa shape index (κ2) is 10.7. The number of hydrogen-bond acceptors (Lipinski definition) is 9. The van der Waals surface area contributed by atoms with Crippen molar-refractivity contribution >= 4 is 54.7 Å². The molecule has 224 valence electrons. The predicted molar refractivity (Wildman–Crippen MR) is 167 cm³/mol. The molecule has 5 heterocycles. The predicted octanol–water partition coefficient (Wildman–Crippen LogP) is 5.95. The number of benzene rings is 2. The normalized spacial score (nSPS) is 20.9. The van der Waals surface area contributed by atoms with E-state index in [1.807, 2.05) is 6.92 Å². The molecule has 2 atom stereocenters. The largest absolute Gasteiger partial charge is 0.459 e. The maximum Gasteiger partial charge on any atom is 0.319 e. The molecule has 3 fully saturated rings. The number of nitrogen functional groups attached to an aromatic ring is 1. The van der Waals surface area contributed by atoms with Crippen LogP contribution in [-0.4, -0.2) is 66.8 Å². The van der Waals surface area contributed by atoms with Gasteiger partial charge in [-0.3, -0.25) is 4.90 Å². The number of ether oxygens (including phenoxy) is 1. The molecule has 3 saturated heterocycles. The SMILES string of the molecule is C[C@H](Oc1nc(N2CCCC3(CNC3)C2)c2cc(Cl)c(-c3ccc(F)c4sc(N)c(C#N)c34)c(F)c2n1)[C@@H]1CCCN1C. The van der Waals surface area contributed by atoms with E-state index in [1.54, 1.807) is 6.07 Å². The average molecular weight is 624 g/mol. The zero-order valence-corrected chi connectivity index (χ0v) is 25.6. The van der Waals surface area contributed by atoms with Gasteiger partial charge < -0.3 is 20.7 Å². The monoisotopic (exact) mass is 623 g/mol. The Balaban J connectivity index is 1.42. The molecule has 0 saturated carbocycles. The zero-order chi connectivity index (χ0) is 30.0. The highest BCUT2D eigenvalue weighted by atomic mass is 35.5. The number of hydrogen-bond donors (Lipinski definition) is 2. The van der Waals surface area contributed by atoms with Gasteiger partial charge in [0.1, 0.15) is 34.3 Å². The van der Waals surface area contributed by atoms with E-state index in [0.717, 1.165) is 69.7 Å². The van der Waals surface area contributed by atoms with Gasteiger partial charge in [0.2, 0.25) is 0 Å². The highest BCUT2D eigenvalue weighted by molar-refractivity contribution is 7.23. The quantitative estimate of drug-likeness (QED) is 0.281. The van der Waals surface area contributed by atoms with Gasteiger partial charge in [-0.25, -0.2) is 8.78 Å². The molecular weight excluding hydrogens is 592 g/mol. The minimum atomic E-state index is -0.680. The van der Waals surface area contributed by atoms with Crippen molar-refractivity contribution in [2.45, 2.75) is 44.8 Å². The van der Waals surface area contributed by atoms with Crippen LogP contribution >= 0.6 is 22.9 Å². The first kappa shape index (κ1) is 28.5. The number of anilines is 2. The molecule has 12 heteroatoms. The summed E-state index contributed by atoms with van der Waals surface area (Å²) in [6.45, 7) is 6.42. The van der Waals surface area contributed by atoms with Crippen LogP contribution in [0.15, 0.2) is 18.2 Å². The number of likely N-dealkylation sites (tertiary alicyclic amines) is 1. The number of rotatable bonds is 5. The number of nitriles is 1. The fraction of sp³-hybridized carbons (Fsp3) is 0.452. The van der Waals surface area contributed by atoms with Crippen molar-refractivity contribution in [2.24, 2.45) is 5.41 Å². The molecule has 8 nitrogen and oxygen atoms in total. The molecule has 43 heavy (non-hydrogen) atoms. The minimum absolute atomic E-state index is 0.0333. The Morgan fingerprint density at radius 2 is 2.07 bits per heavy atom. The fourth-order valence-corrected chi connectivity index (χ4v) is 8.38. The summed E-state index contributed by atoms with van der Waals surface area (Å²) in [6, 6.07) is 6.73. The molecule has 3 N–H and O–H groups in total. The molecule has 0 radical (unpaired) electrons. The van der Waals surface area contributed by atoms with Crippen molar-refractivity contribution in [2.75, 3.05) is 50.4 Å². The smallest absolute Gasteiger partial charge is 0.319 e. The van der Waals surface area contributed by atoms with E-state index in [0.29, 0.717) is 11.2 Å². The van der Waals surface area contributed by atoms with Crippen molar-refractivity contribution in [3.8, 4) is 23.2 Å². The first-order valence-electron chi connectivity index (χ1n) is 14.6. The number of piperidine rings is 1. The summed E-state index contributed by atoms with van der Waals surface area (Å²) in [5, 5.41) is 14.2. The van der Waals surface area contributed by atoms with Gasteiger partial charge in [0.05, 0.1) is 15.3 Å². The molecule has 4 aromatic rings. The molecule has 3 aliphatic rings. The van der Waals surface area contributed by atoms with E-state index in [2.05, 4.69) is 33.2 Å². The lowest BCUT2D eigenvalue weighted by atomic mass is 9.75. The first-order chi connectivity index (χ1) is 20.7. The maximum atomic E-state index is 16.9. The fourth-order valence-electron chi connectivity index (χ4n) is 7.14. The third-order valence-electron chi connectivity index (χ3n) is 9.41. The first-order valence-corrected chi connectivity index (χ1v) is 15.8. The van der Waals surface area contributed by atoms with Crippen molar-refractivity contribution < 1.29 is 13.5 Å². The van der Waals surface area contributed by atoms with E-state index in [9.17, 15) is 9.65 Å². The Morgan fingerprint density at radius 1 is 1.26 bits per heavy atom. The average Bonchev–Trinajstić information content (AvgIpc) is 3.56. The second-order valence-electron chi connectivity index (χ2n) is 12.2. The summed E-state index contributed by atoms with van der Waals surface area (Å²) in [6.07, 6.45) is 3.99. The summed E-state index contributed by atoms with van der Waals surface area (Å²) < 4.78 is 38.2. The lowest BCUT2D eigenvalue weighted by molar-refractivity contribution is 0.112. The topological polar surface area (TPSA) is 103 Å². The molecule has 0 amide bonds. The van der Waals surface area contributed by atoms with Gasteiger partial charge in [-0.05, 0) is 63.9 Å². The van der Waals surface area contributed by atoms with Crippen LogP contribution in [0.3, 0.4) is 0 Å². The van der Waals surface area contributed by atoms with Crippen molar-refractivity contribution in [3.63, 3.8) is 0 Å². The molecule has 2 aromatic carbocycles. The van der Waals surface area contributed by atoms with Crippen LogP contribution in [0.4, 0.5) is 19.6 Å². The molecular formula is C31H32ClF2N7OS. The lowest BCUT2D eigenvalue weighted by Crippen LogP contribution is -2.61. The Kier molecular flexibility index (Phi) is 7.08. The Bertz CT molecular complexity index is 1800. The van der Waals surface area contributed by atoms with Crippen LogP contribution in [0.1, 0.15) is 38.2 Å². The van der Waals surface area contributed by atoms with E-state index in [1.165, 1.54) is 12.1 Å². The Labute approximate surface area is 257 Å². The third kappa shape index (κ3) is 4.67. The van der Waals surface area contributed by atoms with E-state index < -0.39 is 11.6 Å². The van der Waals surface area contributed by atoms with E-state index >= 15 is 4.39 Å². The number of fused-ring (bicyclic) bond motifs is 2. The van der Waals surface area contributed by atoms with Crippen LogP contribution in [0.25, 0.3) is 32.1 Å². The number of thiophene rings is 1. The number of aromatic nitrogens is 2. The van der Waals surface area contributed by atoms with Gasteiger partial charge in [0, 0.05) is 54.0 Å². The molecule has 0 aliphatic carbocycles. The number of likely N-dealkylation sites (N-methyl/N-ethyl adjacent to an activating group) is 1. The van der Waals surface area contributed by atoms with Gasteiger partial charge >= 0.3 is 6.01 Å². The van der Waals surface area contributed by atoms with Crippen LogP contribution in [-0.2, 0) is 0 Å². The number of halogens is 3. The van der Waals surface area contributed by atoms with Crippen molar-refractivity contribution in [1.29, 1.82) is 5.26 Å².